The zero-order valence-corrected chi connectivity index (χ0v) is 20.7. The number of aromatic nitrogens is 2. The van der Waals surface area contributed by atoms with E-state index in [1.807, 2.05) is 11.9 Å². The van der Waals surface area contributed by atoms with E-state index in [4.69, 9.17) is 9.47 Å². The summed E-state index contributed by atoms with van der Waals surface area (Å²) in [4.78, 5) is 44.6. The molecule has 0 bridgehead atoms. The fourth-order valence-corrected chi connectivity index (χ4v) is 4.18. The first-order chi connectivity index (χ1) is 15.3. The van der Waals surface area contributed by atoms with Gasteiger partial charge in [-0.15, -0.1) is 0 Å². The Bertz CT molecular complexity index is 898. The highest BCUT2D eigenvalue weighted by Crippen LogP contribution is 2.23. The van der Waals surface area contributed by atoms with E-state index < -0.39 is 23.3 Å². The number of hydrazine groups is 1. The predicted molar refractivity (Wildman–Crippen MR) is 120 cm³/mol. The van der Waals surface area contributed by atoms with Crippen molar-refractivity contribution >= 4 is 18.0 Å². The van der Waals surface area contributed by atoms with Crippen LogP contribution in [0.3, 0.4) is 0 Å². The van der Waals surface area contributed by atoms with E-state index in [0.717, 1.165) is 5.69 Å². The standard InChI is InChI=1S/C22H36N6O5/c1-8-32-22(6,7)17(24-19(30)33-21(3,4)5)18(29)25-9-11-26(12-10-25)27-14-16-13-23-15(2)28(16)20(27)31/h13,17H,8-12,14H2,1-7H3,(H,24,30). The largest absolute Gasteiger partial charge is 0.444 e. The normalized spacial score (nSPS) is 18.3. The van der Waals surface area contributed by atoms with Crippen LogP contribution >= 0.6 is 0 Å². The van der Waals surface area contributed by atoms with Crippen LogP contribution < -0.4 is 5.32 Å². The van der Waals surface area contributed by atoms with Crippen molar-refractivity contribution in [3.63, 3.8) is 0 Å². The molecule has 1 aromatic rings. The number of hydrogen-bond donors (Lipinski definition) is 1. The lowest BCUT2D eigenvalue weighted by molar-refractivity contribution is -0.146. The summed E-state index contributed by atoms with van der Waals surface area (Å²) < 4.78 is 12.8. The van der Waals surface area contributed by atoms with Crippen LogP contribution in [0, 0.1) is 6.92 Å². The van der Waals surface area contributed by atoms with Gasteiger partial charge in [0.15, 0.2) is 0 Å². The average molecular weight is 465 g/mol. The van der Waals surface area contributed by atoms with E-state index in [1.54, 1.807) is 62.2 Å². The Balaban J connectivity index is 1.65. The number of nitrogens with one attached hydrogen (secondary N) is 1. The lowest BCUT2D eigenvalue weighted by atomic mass is 9.96. The molecule has 3 amide bonds. The minimum Gasteiger partial charge on any atom is -0.444 e. The number of piperazine rings is 1. The van der Waals surface area contributed by atoms with Crippen LogP contribution in [-0.2, 0) is 20.8 Å². The lowest BCUT2D eigenvalue weighted by Gasteiger charge is -2.42. The molecule has 1 N–H and O–H groups in total. The minimum atomic E-state index is -0.932. The SMILES string of the molecule is CCOC(C)(C)C(NC(=O)OC(C)(C)C)C(=O)N1CCN(N2Cc3cnc(C)n3C2=O)CC1. The Morgan fingerprint density at radius 3 is 2.33 bits per heavy atom. The zero-order valence-electron chi connectivity index (χ0n) is 20.7. The first kappa shape index (κ1) is 25.0. The van der Waals surface area contributed by atoms with Gasteiger partial charge in [0.25, 0.3) is 0 Å². The summed E-state index contributed by atoms with van der Waals surface area (Å²) in [6, 6.07) is -1.04. The number of nitrogens with zero attached hydrogens (tertiary/aromatic N) is 5. The summed E-state index contributed by atoms with van der Waals surface area (Å²) in [5.41, 5.74) is -0.761. The summed E-state index contributed by atoms with van der Waals surface area (Å²) in [5.74, 6) is 0.429. The molecule has 3 heterocycles. The maximum absolute atomic E-state index is 13.5. The number of rotatable bonds is 6. The fraction of sp³-hybridized carbons (Fsp3) is 0.727. The number of aryl methyl sites for hydroxylation is 1. The van der Waals surface area contributed by atoms with Gasteiger partial charge < -0.3 is 19.7 Å². The van der Waals surface area contributed by atoms with Gasteiger partial charge in [-0.25, -0.2) is 24.1 Å². The molecule has 1 saturated heterocycles. The highest BCUT2D eigenvalue weighted by atomic mass is 16.6. The summed E-state index contributed by atoms with van der Waals surface area (Å²) in [6.07, 6.45) is 1.05. The number of carbonyl (C=O) groups excluding carboxylic acids is 3. The Labute approximate surface area is 195 Å². The monoisotopic (exact) mass is 464 g/mol. The molecule has 1 atom stereocenters. The second-order valence-corrected chi connectivity index (χ2v) is 9.87. The molecule has 2 aliphatic rings. The summed E-state index contributed by atoms with van der Waals surface area (Å²) in [7, 11) is 0. The van der Waals surface area contributed by atoms with Gasteiger partial charge in [-0.2, -0.15) is 0 Å². The summed E-state index contributed by atoms with van der Waals surface area (Å²) in [6.45, 7) is 15.2. The van der Waals surface area contributed by atoms with E-state index in [0.29, 0.717) is 45.2 Å². The molecule has 184 valence electrons. The van der Waals surface area contributed by atoms with E-state index in [2.05, 4.69) is 10.3 Å². The van der Waals surface area contributed by atoms with Crippen LogP contribution in [0.15, 0.2) is 6.20 Å². The molecule has 0 aliphatic carbocycles. The van der Waals surface area contributed by atoms with Gasteiger partial charge in [-0.05, 0) is 48.5 Å². The van der Waals surface area contributed by atoms with E-state index in [-0.39, 0.29) is 11.9 Å². The third-order valence-corrected chi connectivity index (χ3v) is 5.76. The molecule has 2 aliphatic heterocycles. The van der Waals surface area contributed by atoms with Gasteiger partial charge in [0.2, 0.25) is 5.91 Å². The van der Waals surface area contributed by atoms with E-state index in [9.17, 15) is 14.4 Å². The Morgan fingerprint density at radius 2 is 1.79 bits per heavy atom. The number of carbonyl (C=O) groups is 3. The van der Waals surface area contributed by atoms with Crippen molar-refractivity contribution in [3.8, 4) is 0 Å². The van der Waals surface area contributed by atoms with Crippen LogP contribution in [0.5, 0.6) is 0 Å². The predicted octanol–water partition coefficient (Wildman–Crippen LogP) is 1.74. The van der Waals surface area contributed by atoms with Crippen LogP contribution in [0.4, 0.5) is 9.59 Å². The molecule has 1 unspecified atom stereocenters. The molecule has 0 aromatic carbocycles. The van der Waals surface area contributed by atoms with Crippen LogP contribution in [0.1, 0.15) is 53.1 Å². The third-order valence-electron chi connectivity index (χ3n) is 5.76. The molecule has 3 rings (SSSR count). The first-order valence-electron chi connectivity index (χ1n) is 11.4. The molecule has 1 fully saturated rings. The van der Waals surface area contributed by atoms with E-state index in [1.165, 1.54) is 0 Å². The average Bonchev–Trinajstić information content (AvgIpc) is 3.24. The Kier molecular flexibility index (Phi) is 7.04. The van der Waals surface area contributed by atoms with Gasteiger partial charge in [0.1, 0.15) is 17.5 Å². The zero-order chi connectivity index (χ0) is 24.6. The van der Waals surface area contributed by atoms with Crippen molar-refractivity contribution in [1.29, 1.82) is 0 Å². The molecule has 11 nitrogen and oxygen atoms in total. The van der Waals surface area contributed by atoms with Gasteiger partial charge in [0.05, 0.1) is 24.0 Å². The van der Waals surface area contributed by atoms with Crippen molar-refractivity contribution in [2.45, 2.75) is 72.3 Å². The molecule has 0 saturated carbocycles. The fourth-order valence-electron chi connectivity index (χ4n) is 4.18. The second-order valence-electron chi connectivity index (χ2n) is 9.87. The van der Waals surface area contributed by atoms with Crippen molar-refractivity contribution in [2.24, 2.45) is 0 Å². The van der Waals surface area contributed by atoms with Crippen molar-refractivity contribution in [2.75, 3.05) is 32.8 Å². The minimum absolute atomic E-state index is 0.123. The summed E-state index contributed by atoms with van der Waals surface area (Å²) in [5, 5.41) is 6.38. The maximum Gasteiger partial charge on any atom is 0.408 e. The molecule has 0 radical (unpaired) electrons. The number of ether oxygens (including phenoxy) is 2. The number of amides is 3. The smallest absolute Gasteiger partial charge is 0.408 e. The summed E-state index contributed by atoms with van der Waals surface area (Å²) >= 11 is 0. The number of hydrogen-bond acceptors (Lipinski definition) is 7. The second kappa shape index (κ2) is 9.30. The van der Waals surface area contributed by atoms with Crippen molar-refractivity contribution in [1.82, 2.24) is 29.8 Å². The quantitative estimate of drug-likeness (QED) is 0.683. The Morgan fingerprint density at radius 1 is 1.15 bits per heavy atom. The topological polar surface area (TPSA) is 109 Å². The first-order valence-corrected chi connectivity index (χ1v) is 11.4. The van der Waals surface area contributed by atoms with Gasteiger partial charge in [-0.1, -0.05) is 0 Å². The lowest BCUT2D eigenvalue weighted by Crippen LogP contribution is -2.63. The van der Waals surface area contributed by atoms with Crippen LogP contribution in [0.2, 0.25) is 0 Å². The highest BCUT2D eigenvalue weighted by Gasteiger charge is 2.42. The number of fused-ring (bicyclic) bond motifs is 1. The van der Waals surface area contributed by atoms with Crippen molar-refractivity contribution in [3.05, 3.63) is 17.7 Å². The third kappa shape index (κ3) is 5.47. The van der Waals surface area contributed by atoms with Crippen molar-refractivity contribution < 1.29 is 23.9 Å². The molecule has 0 spiro atoms. The van der Waals surface area contributed by atoms with Crippen LogP contribution in [0.25, 0.3) is 0 Å². The van der Waals surface area contributed by atoms with Gasteiger partial charge in [-0.3, -0.25) is 9.80 Å². The van der Waals surface area contributed by atoms with Gasteiger partial charge >= 0.3 is 12.1 Å². The van der Waals surface area contributed by atoms with Gasteiger partial charge in [0, 0.05) is 32.8 Å². The Hall–Kier alpha value is -2.66. The molecule has 1 aromatic heterocycles. The highest BCUT2D eigenvalue weighted by molar-refractivity contribution is 5.87. The molecular formula is C22H36N6O5. The maximum atomic E-state index is 13.5. The number of alkyl carbamates (subject to hydrolysis) is 1. The number of imidazole rings is 1. The van der Waals surface area contributed by atoms with Crippen LogP contribution in [-0.4, -0.2) is 92.5 Å². The van der Waals surface area contributed by atoms with E-state index >= 15 is 0 Å². The molecule has 33 heavy (non-hydrogen) atoms. The molecule has 11 heteroatoms. The molecular weight excluding hydrogens is 428 g/mol.